The molecule has 22 heavy (non-hydrogen) atoms. The van der Waals surface area contributed by atoms with Crippen molar-refractivity contribution in [2.24, 2.45) is 0 Å². The van der Waals surface area contributed by atoms with Crippen molar-refractivity contribution in [2.75, 3.05) is 6.61 Å². The zero-order valence-corrected chi connectivity index (χ0v) is 14.7. The number of benzene rings is 1. The molecule has 0 aromatic heterocycles. The van der Waals surface area contributed by atoms with Gasteiger partial charge in [0.1, 0.15) is 12.4 Å². The van der Waals surface area contributed by atoms with Crippen LogP contribution in [0.4, 0.5) is 0 Å². The maximum absolute atomic E-state index is 11.9. The summed E-state index contributed by atoms with van der Waals surface area (Å²) >= 11 is 0. The molecule has 0 amide bonds. The van der Waals surface area contributed by atoms with E-state index < -0.39 is 8.03 Å². The van der Waals surface area contributed by atoms with Gasteiger partial charge >= 0.3 is 8.03 Å². The highest BCUT2D eigenvalue weighted by Gasteiger charge is 2.21. The van der Waals surface area contributed by atoms with Crippen LogP contribution in [0.15, 0.2) is 24.3 Å². The van der Waals surface area contributed by atoms with Crippen LogP contribution >= 0.6 is 8.03 Å². The van der Waals surface area contributed by atoms with Crippen LogP contribution < -0.4 is 5.30 Å². The Hall–Kier alpha value is -0.920. The highest BCUT2D eigenvalue weighted by atomic mass is 31.1. The summed E-state index contributed by atoms with van der Waals surface area (Å²) in [6.07, 6.45) is 12.8. The number of phenols is 1. The predicted molar refractivity (Wildman–Crippen MR) is 93.1 cm³/mol. The standard InChI is InChI=1S/C18H29O3P/c1-2-3-4-5-6-7-8-9-10-11-16-21-22(20)18-14-12-17(19)13-15-18/h12-15H,2-11,16H2,1H3/p+1. The molecule has 0 aliphatic carbocycles. The van der Waals surface area contributed by atoms with E-state index in [0.717, 1.165) is 12.8 Å². The Kier molecular flexibility index (Phi) is 11.0. The van der Waals surface area contributed by atoms with Crippen LogP contribution in [-0.4, -0.2) is 11.7 Å². The molecule has 0 saturated carbocycles. The summed E-state index contributed by atoms with van der Waals surface area (Å²) < 4.78 is 17.2. The van der Waals surface area contributed by atoms with Crippen molar-refractivity contribution in [1.82, 2.24) is 0 Å². The molecule has 0 radical (unpaired) electrons. The van der Waals surface area contributed by atoms with Crippen molar-refractivity contribution in [3.05, 3.63) is 24.3 Å². The van der Waals surface area contributed by atoms with E-state index in [-0.39, 0.29) is 5.75 Å². The Morgan fingerprint density at radius 2 is 1.36 bits per heavy atom. The zero-order valence-electron chi connectivity index (χ0n) is 13.8. The molecule has 1 N–H and O–H groups in total. The van der Waals surface area contributed by atoms with Gasteiger partial charge in [-0.3, -0.25) is 0 Å². The first-order valence-electron chi connectivity index (χ1n) is 8.63. The zero-order chi connectivity index (χ0) is 16.0. The molecule has 1 rings (SSSR count). The van der Waals surface area contributed by atoms with Crippen molar-refractivity contribution in [1.29, 1.82) is 0 Å². The minimum atomic E-state index is -1.79. The van der Waals surface area contributed by atoms with Gasteiger partial charge in [-0.05, 0) is 35.3 Å². The van der Waals surface area contributed by atoms with Gasteiger partial charge in [-0.25, -0.2) is 0 Å². The summed E-state index contributed by atoms with van der Waals surface area (Å²) in [6, 6.07) is 6.36. The van der Waals surface area contributed by atoms with Crippen molar-refractivity contribution in [3.63, 3.8) is 0 Å². The maximum Gasteiger partial charge on any atom is 0.548 e. The fourth-order valence-electron chi connectivity index (χ4n) is 2.39. The van der Waals surface area contributed by atoms with Gasteiger partial charge in [0.15, 0.2) is 0 Å². The summed E-state index contributed by atoms with van der Waals surface area (Å²) in [7, 11) is -1.79. The third-order valence-electron chi connectivity index (χ3n) is 3.77. The molecule has 124 valence electrons. The average Bonchev–Trinajstić information content (AvgIpc) is 2.53. The molecule has 4 heteroatoms. The second-order valence-corrected chi connectivity index (χ2v) is 7.08. The minimum Gasteiger partial charge on any atom is -0.508 e. The molecular weight excluding hydrogens is 295 g/mol. The minimum absolute atomic E-state index is 0.182. The molecule has 0 spiro atoms. The largest absolute Gasteiger partial charge is 0.548 e. The molecule has 0 bridgehead atoms. The van der Waals surface area contributed by atoms with E-state index in [1.165, 1.54) is 63.5 Å². The lowest BCUT2D eigenvalue weighted by molar-refractivity contribution is 0.321. The van der Waals surface area contributed by atoms with Gasteiger partial charge in [0, 0.05) is 0 Å². The van der Waals surface area contributed by atoms with Crippen LogP contribution in [0.3, 0.4) is 0 Å². The molecule has 0 aliphatic rings. The highest BCUT2D eigenvalue weighted by molar-refractivity contribution is 7.48. The van der Waals surface area contributed by atoms with Crippen LogP contribution in [0.1, 0.15) is 71.1 Å². The van der Waals surface area contributed by atoms with Gasteiger partial charge in [-0.2, -0.15) is 0 Å². The van der Waals surface area contributed by atoms with Crippen molar-refractivity contribution in [2.45, 2.75) is 71.1 Å². The third kappa shape index (κ3) is 9.17. The molecule has 0 heterocycles. The fraction of sp³-hybridized carbons (Fsp3) is 0.667. The molecule has 1 aromatic rings. The van der Waals surface area contributed by atoms with Gasteiger partial charge < -0.3 is 5.11 Å². The van der Waals surface area contributed by atoms with Crippen LogP contribution in [-0.2, 0) is 9.09 Å². The summed E-state index contributed by atoms with van der Waals surface area (Å²) in [5, 5.41) is 9.82. The number of hydrogen-bond acceptors (Lipinski definition) is 3. The molecule has 0 fully saturated rings. The fourth-order valence-corrected chi connectivity index (χ4v) is 3.22. The molecule has 1 unspecified atom stereocenters. The SMILES string of the molecule is CCCCCCCCCCCCO[P+](=O)c1ccc(O)cc1. The molecule has 0 saturated heterocycles. The third-order valence-corrected chi connectivity index (χ3v) is 4.90. The quantitative estimate of drug-likeness (QED) is 0.374. The van der Waals surface area contributed by atoms with Gasteiger partial charge in [-0.15, -0.1) is 4.52 Å². The lowest BCUT2D eigenvalue weighted by Gasteiger charge is -2.01. The molecular formula is C18H30O3P+. The first-order chi connectivity index (χ1) is 10.7. The van der Waals surface area contributed by atoms with Crippen LogP contribution in [0.25, 0.3) is 0 Å². The second-order valence-electron chi connectivity index (χ2n) is 5.79. The van der Waals surface area contributed by atoms with E-state index in [4.69, 9.17) is 4.52 Å². The van der Waals surface area contributed by atoms with Gasteiger partial charge in [0.25, 0.3) is 0 Å². The second kappa shape index (κ2) is 12.6. The number of hydrogen-bond donors (Lipinski definition) is 1. The lowest BCUT2D eigenvalue weighted by atomic mass is 10.1. The Bertz CT molecular complexity index is 403. The van der Waals surface area contributed by atoms with Crippen molar-refractivity contribution in [3.8, 4) is 5.75 Å². The lowest BCUT2D eigenvalue weighted by Crippen LogP contribution is -1.98. The number of rotatable bonds is 13. The Morgan fingerprint density at radius 1 is 0.864 bits per heavy atom. The molecule has 3 nitrogen and oxygen atoms in total. The number of unbranched alkanes of at least 4 members (excludes halogenated alkanes) is 9. The Morgan fingerprint density at radius 3 is 1.91 bits per heavy atom. The molecule has 0 aliphatic heterocycles. The monoisotopic (exact) mass is 325 g/mol. The van der Waals surface area contributed by atoms with Gasteiger partial charge in [-0.1, -0.05) is 64.7 Å². The highest BCUT2D eigenvalue weighted by Crippen LogP contribution is 2.23. The van der Waals surface area contributed by atoms with Gasteiger partial charge in [0.2, 0.25) is 5.30 Å². The first kappa shape index (κ1) is 19.1. The maximum atomic E-state index is 11.9. The topological polar surface area (TPSA) is 46.5 Å². The summed E-state index contributed by atoms with van der Waals surface area (Å²) in [5.74, 6) is 0.182. The van der Waals surface area contributed by atoms with Crippen LogP contribution in [0.5, 0.6) is 5.75 Å². The van der Waals surface area contributed by atoms with Crippen LogP contribution in [0.2, 0.25) is 0 Å². The van der Waals surface area contributed by atoms with E-state index in [9.17, 15) is 9.67 Å². The van der Waals surface area contributed by atoms with E-state index in [2.05, 4.69) is 6.92 Å². The van der Waals surface area contributed by atoms with E-state index in [1.54, 1.807) is 12.1 Å². The summed E-state index contributed by atoms with van der Waals surface area (Å²) in [6.45, 7) is 2.80. The first-order valence-corrected chi connectivity index (χ1v) is 9.81. The molecule has 1 aromatic carbocycles. The Labute approximate surface area is 136 Å². The van der Waals surface area contributed by atoms with Crippen LogP contribution in [0, 0.1) is 0 Å². The summed E-state index contributed by atoms with van der Waals surface area (Å²) in [4.78, 5) is 0. The van der Waals surface area contributed by atoms with Crippen molar-refractivity contribution < 1.29 is 14.2 Å². The molecule has 1 atom stereocenters. The average molecular weight is 325 g/mol. The summed E-state index contributed by atoms with van der Waals surface area (Å²) in [5.41, 5.74) is 0. The van der Waals surface area contributed by atoms with Gasteiger partial charge in [0.05, 0.1) is 0 Å². The smallest absolute Gasteiger partial charge is 0.508 e. The predicted octanol–water partition coefficient (Wildman–Crippen LogP) is 5.70. The number of phenolic OH excluding ortho intramolecular Hbond substituents is 1. The Balaban J connectivity index is 1.93. The van der Waals surface area contributed by atoms with Crippen molar-refractivity contribution >= 4 is 13.3 Å². The van der Waals surface area contributed by atoms with E-state index in [0.29, 0.717) is 11.9 Å². The van der Waals surface area contributed by atoms with E-state index >= 15 is 0 Å². The normalized spacial score (nSPS) is 11.6. The number of aromatic hydroxyl groups is 1. The van der Waals surface area contributed by atoms with E-state index in [1.807, 2.05) is 0 Å².